The second kappa shape index (κ2) is 51.9. The summed E-state index contributed by atoms with van der Waals surface area (Å²) in [6, 6.07) is 0. The van der Waals surface area contributed by atoms with Crippen molar-refractivity contribution in [3.05, 3.63) is 17.2 Å². The summed E-state index contributed by atoms with van der Waals surface area (Å²) in [5.74, 6) is 1.03. The van der Waals surface area contributed by atoms with Crippen LogP contribution in [-0.2, 0) is 47.8 Å². The van der Waals surface area contributed by atoms with Crippen LogP contribution in [0.2, 0.25) is 0 Å². The largest absolute Gasteiger partial charge is 0.448 e. The number of cyclic esters (lactones) is 1. The van der Waals surface area contributed by atoms with E-state index >= 15 is 0 Å². The molecule has 5 aliphatic heterocycles. The quantitative estimate of drug-likeness (QED) is 0.229. The van der Waals surface area contributed by atoms with Gasteiger partial charge in [-0.15, -0.1) is 5.01 Å². The summed E-state index contributed by atoms with van der Waals surface area (Å²) in [7, 11) is 21.2. The molecule has 424 valence electrons. The molecule has 23 nitrogen and oxygen atoms in total. The lowest BCUT2D eigenvalue weighted by Crippen LogP contribution is -2.39. The van der Waals surface area contributed by atoms with E-state index in [1.165, 1.54) is 49.7 Å². The van der Waals surface area contributed by atoms with Crippen LogP contribution in [0.25, 0.3) is 0 Å². The molecule has 5 heterocycles. The average molecular weight is 1040 g/mol. The van der Waals surface area contributed by atoms with E-state index in [0.717, 1.165) is 76.6 Å². The lowest BCUT2D eigenvalue weighted by molar-refractivity contribution is -0.673. The molecule has 72 heavy (non-hydrogen) atoms. The SMILES string of the molecule is CC.CC.CC(=O)N(C)C.CC(=O)N(C)CCN(C)C.CC(=O)N1CCCC1.CC(=O)N1CCOCC1.CN(C)[N+](C)=O.CN/C=C\C(C)=O.CN1CCCC1=O.CN1CCOC1=O.CN1CCOCC1=O. The number of nitroso groups, excluding NO2 is 1. The summed E-state index contributed by atoms with van der Waals surface area (Å²) in [5.41, 5.74) is 0. The molecule has 0 bridgehead atoms. The average Bonchev–Trinajstić information content (AvgIpc) is 4.12. The number of nitrogens with one attached hydrogen (secondary N) is 1. The number of hydrogen-bond acceptors (Lipinski definition) is 14. The maximum Gasteiger partial charge on any atom is 0.409 e. The molecule has 0 aromatic carbocycles. The number of allylic oxidation sites excluding steroid dienone is 1. The zero-order valence-electron chi connectivity index (χ0n) is 48.8. The van der Waals surface area contributed by atoms with Gasteiger partial charge < -0.3 is 58.7 Å². The van der Waals surface area contributed by atoms with Gasteiger partial charge in [0.15, 0.2) is 5.78 Å². The Hall–Kier alpha value is -5.42. The van der Waals surface area contributed by atoms with Crippen LogP contribution in [-0.4, -0.2) is 273 Å². The van der Waals surface area contributed by atoms with Crippen molar-refractivity contribution in [2.24, 2.45) is 0 Å². The lowest BCUT2D eigenvalue weighted by Gasteiger charge is -2.25. The first kappa shape index (κ1) is 78.0. The molecule has 1 N–H and O–H groups in total. The van der Waals surface area contributed by atoms with Crippen molar-refractivity contribution in [2.45, 2.75) is 88.0 Å². The first-order valence-corrected chi connectivity index (χ1v) is 24.6. The lowest BCUT2D eigenvalue weighted by atomic mass is 10.4. The van der Waals surface area contributed by atoms with E-state index in [0.29, 0.717) is 32.3 Å². The third-order valence-electron chi connectivity index (χ3n) is 9.60. The molecule has 0 aromatic heterocycles. The van der Waals surface area contributed by atoms with Gasteiger partial charge in [-0.2, -0.15) is 0 Å². The highest BCUT2D eigenvalue weighted by Crippen LogP contribution is 2.06. The zero-order chi connectivity index (χ0) is 57.4. The minimum absolute atomic E-state index is 0.0642. The number of ether oxygens (including phenoxy) is 3. The highest BCUT2D eigenvalue weighted by molar-refractivity contribution is 5.87. The molecule has 0 unspecified atom stereocenters. The van der Waals surface area contributed by atoms with Crippen molar-refractivity contribution in [2.75, 3.05) is 177 Å². The molecule has 5 rings (SSSR count). The Bertz CT molecular complexity index is 1450. The Morgan fingerprint density at radius 1 is 0.611 bits per heavy atom. The Labute approximate surface area is 434 Å². The Kier molecular flexibility index (Phi) is 56.3. The predicted octanol–water partition coefficient (Wildman–Crippen LogP) is 2.63. The van der Waals surface area contributed by atoms with Crippen molar-refractivity contribution in [3.63, 3.8) is 0 Å². The molecular weight excluding hydrogens is 935 g/mol. The van der Waals surface area contributed by atoms with Crippen molar-refractivity contribution in [1.82, 2.24) is 49.5 Å². The van der Waals surface area contributed by atoms with Crippen LogP contribution in [0, 0.1) is 4.91 Å². The van der Waals surface area contributed by atoms with E-state index in [-0.39, 0.29) is 48.0 Å². The van der Waals surface area contributed by atoms with Gasteiger partial charge in [0.25, 0.3) is 0 Å². The van der Waals surface area contributed by atoms with Crippen molar-refractivity contribution in [3.8, 4) is 0 Å². The Morgan fingerprint density at radius 3 is 1.24 bits per heavy atom. The van der Waals surface area contributed by atoms with E-state index in [4.69, 9.17) is 9.47 Å². The van der Waals surface area contributed by atoms with Gasteiger partial charge in [-0.05, 0) is 52.6 Å². The molecular formula is C49H102N11O12+. The molecule has 0 atom stereocenters. The van der Waals surface area contributed by atoms with Crippen LogP contribution < -0.4 is 5.32 Å². The fraction of sp³-hybridized carbons (Fsp3) is 0.796. The molecule has 5 aliphatic rings. The van der Waals surface area contributed by atoms with Crippen molar-refractivity contribution >= 4 is 47.3 Å². The van der Waals surface area contributed by atoms with E-state index in [2.05, 4.69) is 15.0 Å². The molecule has 23 heteroatoms. The minimum Gasteiger partial charge on any atom is -0.448 e. The fourth-order valence-electron chi connectivity index (χ4n) is 4.47. The number of carbonyl (C=O) groups excluding carboxylic acids is 8. The smallest absolute Gasteiger partial charge is 0.409 e. The molecule has 0 saturated carbocycles. The number of likely N-dealkylation sites (tertiary alicyclic amines) is 2. The number of hydrogen-bond donors (Lipinski definition) is 1. The highest BCUT2D eigenvalue weighted by Gasteiger charge is 2.17. The monoisotopic (exact) mass is 1040 g/mol. The molecule has 0 aromatic rings. The standard InChI is InChI=1S/C7H16N2O.C6H11NO2.C6H11NO.C5H9NO2.2C5H9NO.C4H7NO2.C4H9NO.C3H9N2O.2C2H6/c1-7(10)9(4)6-5-8(2)3;1-6(8)7-2-4-9-5-3-7;1-6(8)7-4-2-3-5-7;1-6-2-3-8-4-5(6)7;1-6-4-2-3-5(6)7;1-5(7)3-4-6-2;1-5-2-3-7-4(5)6;1-4(6)5(2)3;1-4(2)5(3)6;2*1-2/h5-6H2,1-4H3;2-5H2,1H3;2-5H2,1H3;2-4H2,1H3;2-4H2,1H3;3-4,6H,1-2H3;2-3H2,1H3;2*1-3H3;2*1-2H3/q;;;;;;;;+1;;/b;;;;;4-3-;;;;;. The summed E-state index contributed by atoms with van der Waals surface area (Å²) in [4.78, 5) is 108. The summed E-state index contributed by atoms with van der Waals surface area (Å²) >= 11 is 0. The third kappa shape index (κ3) is 53.9. The molecule has 5 saturated heterocycles. The van der Waals surface area contributed by atoms with E-state index in [9.17, 15) is 43.3 Å². The summed E-state index contributed by atoms with van der Waals surface area (Å²) < 4.78 is 14.5. The van der Waals surface area contributed by atoms with E-state index in [1.807, 2.05) is 60.8 Å². The number of likely N-dealkylation sites (N-methyl/N-ethyl adjacent to an activating group) is 4. The van der Waals surface area contributed by atoms with Gasteiger partial charge in [0.05, 0.1) is 45.4 Å². The van der Waals surface area contributed by atoms with Crippen molar-refractivity contribution < 1.29 is 57.4 Å². The predicted molar refractivity (Wildman–Crippen MR) is 285 cm³/mol. The summed E-state index contributed by atoms with van der Waals surface area (Å²) in [6.07, 6.45) is 7.06. The number of morpholine rings is 2. The van der Waals surface area contributed by atoms with E-state index < -0.39 is 0 Å². The maximum atomic E-state index is 10.7. The number of rotatable bonds is 6. The van der Waals surface area contributed by atoms with Gasteiger partial charge in [0.1, 0.15) is 18.1 Å². The second-order valence-electron chi connectivity index (χ2n) is 16.4. The normalized spacial score (nSPS) is 14.9. The van der Waals surface area contributed by atoms with E-state index in [1.54, 1.807) is 101 Å². The van der Waals surface area contributed by atoms with Gasteiger partial charge in [0.2, 0.25) is 42.5 Å². The third-order valence-corrected chi connectivity index (χ3v) is 9.60. The number of ketones is 1. The van der Waals surface area contributed by atoms with Gasteiger partial charge >= 0.3 is 6.09 Å². The number of nitrogens with zero attached hydrogens (tertiary/aromatic N) is 10. The summed E-state index contributed by atoms with van der Waals surface area (Å²) in [6.45, 7) is 26.4. The topological polar surface area (TPSA) is 226 Å². The van der Waals surface area contributed by atoms with Crippen LogP contribution in [0.1, 0.15) is 88.0 Å². The summed E-state index contributed by atoms with van der Waals surface area (Å²) in [5, 5.41) is 4.14. The van der Waals surface area contributed by atoms with Crippen LogP contribution in [0.3, 0.4) is 0 Å². The Morgan fingerprint density at radius 2 is 1.04 bits per heavy atom. The van der Waals surface area contributed by atoms with Crippen LogP contribution in [0.5, 0.6) is 0 Å². The minimum atomic E-state index is -0.208. The van der Waals surface area contributed by atoms with Gasteiger partial charge in [-0.3, -0.25) is 33.6 Å². The molecule has 0 radical (unpaired) electrons. The first-order valence-electron chi connectivity index (χ1n) is 24.6. The second-order valence-corrected chi connectivity index (χ2v) is 16.4. The molecule has 0 spiro atoms. The number of amides is 7. The zero-order valence-corrected chi connectivity index (χ0v) is 48.8. The van der Waals surface area contributed by atoms with Crippen molar-refractivity contribution in [1.29, 1.82) is 0 Å². The maximum absolute atomic E-state index is 10.7. The van der Waals surface area contributed by atoms with Gasteiger partial charge in [-0.1, -0.05) is 27.7 Å². The van der Waals surface area contributed by atoms with Crippen LogP contribution in [0.15, 0.2) is 12.3 Å². The van der Waals surface area contributed by atoms with Gasteiger partial charge in [-0.25, -0.2) is 4.79 Å². The van der Waals surface area contributed by atoms with Crippen LogP contribution in [0.4, 0.5) is 4.79 Å². The number of carbonyl (C=O) groups is 8. The number of hydrazine groups is 1. The Balaban J connectivity index is -0.000000169. The van der Waals surface area contributed by atoms with Crippen LogP contribution >= 0.6 is 0 Å². The first-order chi connectivity index (χ1) is 33.6. The fourth-order valence-corrected chi connectivity index (χ4v) is 4.47. The molecule has 7 amide bonds. The highest BCUT2D eigenvalue weighted by atomic mass is 16.6. The van der Waals surface area contributed by atoms with Gasteiger partial charge in [0, 0.05) is 136 Å². The molecule has 0 aliphatic carbocycles. The molecule has 5 fully saturated rings.